The fourth-order valence-corrected chi connectivity index (χ4v) is 23.0. The molecule has 74 heavy (non-hydrogen) atoms. The molecule has 1 fully saturated rings. The Morgan fingerprint density at radius 3 is 0.797 bits per heavy atom. The van der Waals surface area contributed by atoms with Crippen molar-refractivity contribution in [3.05, 3.63) is 279 Å². The summed E-state index contributed by atoms with van der Waals surface area (Å²) in [7, 11) is -2.73. The Labute approximate surface area is 447 Å². The molecule has 0 spiro atoms. The third-order valence-electron chi connectivity index (χ3n) is 15.5. The standard InChI is InChI=1S/C69H70OP4/c1-55(30-29-49-70-50-56-31-11-2-12-32-56)69-67(53-73(61-41-21-7-22-42-61)62-43-23-8-24-44-62)65(51-71(57-33-13-3-14-34-57)58-35-15-4-16-36-58)66(52-72(59-37-17-5-18-38-59)60-39-19-6-20-40-60)68(69)54-74(63-45-25-9-26-46-63)64-47-27-10-28-48-64/h2-28,31-48,55,65-69H,29-30,49-54H2,1H3/t55?,65-,66+,67-,68+,69?. The predicted molar refractivity (Wildman–Crippen MR) is 328 cm³/mol. The van der Waals surface area contributed by atoms with Crippen LogP contribution in [0.4, 0.5) is 0 Å². The van der Waals surface area contributed by atoms with Gasteiger partial charge < -0.3 is 4.74 Å². The zero-order chi connectivity index (χ0) is 50.2. The summed E-state index contributed by atoms with van der Waals surface area (Å²) in [6.45, 7) is 4.10. The van der Waals surface area contributed by atoms with E-state index < -0.39 is 31.7 Å². The van der Waals surface area contributed by atoms with Crippen molar-refractivity contribution in [3.8, 4) is 0 Å². The molecule has 1 aliphatic rings. The highest BCUT2D eigenvalue weighted by atomic mass is 31.1. The number of rotatable bonds is 23. The Morgan fingerprint density at radius 1 is 0.311 bits per heavy atom. The second-order valence-electron chi connectivity index (χ2n) is 20.0. The van der Waals surface area contributed by atoms with Crippen LogP contribution < -0.4 is 42.4 Å². The van der Waals surface area contributed by atoms with Crippen molar-refractivity contribution in [2.75, 3.05) is 31.3 Å². The van der Waals surface area contributed by atoms with Gasteiger partial charge in [-0.3, -0.25) is 0 Å². The van der Waals surface area contributed by atoms with Crippen LogP contribution in [0, 0.1) is 35.5 Å². The Kier molecular flexibility index (Phi) is 19.0. The van der Waals surface area contributed by atoms with Crippen molar-refractivity contribution in [1.82, 2.24) is 0 Å². The van der Waals surface area contributed by atoms with Gasteiger partial charge in [-0.1, -0.05) is 280 Å². The second-order valence-corrected chi connectivity index (χ2v) is 29.0. The molecule has 1 saturated carbocycles. The van der Waals surface area contributed by atoms with E-state index in [2.05, 4.69) is 280 Å². The van der Waals surface area contributed by atoms with Gasteiger partial charge in [-0.2, -0.15) is 0 Å². The SMILES string of the molecule is CC(CCCOCc1ccccc1)C1[C@@H](CP(c2ccccc2)c2ccccc2)[C@@H](CP(c2ccccc2)c2ccccc2)[C@@H](CP(c2ccccc2)c2ccccc2)[C@H]1CP(c1ccccc1)c1ccccc1. The number of hydrogen-bond acceptors (Lipinski definition) is 1. The van der Waals surface area contributed by atoms with E-state index in [1.807, 2.05) is 0 Å². The molecule has 0 radical (unpaired) electrons. The maximum absolute atomic E-state index is 6.50. The van der Waals surface area contributed by atoms with Gasteiger partial charge in [-0.05, 0) is 153 Å². The maximum Gasteiger partial charge on any atom is 0.0716 e. The van der Waals surface area contributed by atoms with Crippen LogP contribution in [-0.2, 0) is 11.3 Å². The summed E-state index contributed by atoms with van der Waals surface area (Å²) in [6, 6.07) is 104. The fraction of sp³-hybridized carbons (Fsp3) is 0.217. The van der Waals surface area contributed by atoms with Gasteiger partial charge in [0.2, 0.25) is 0 Å². The summed E-state index contributed by atoms with van der Waals surface area (Å²) in [5, 5.41) is 11.9. The summed E-state index contributed by atoms with van der Waals surface area (Å²) in [5.41, 5.74) is 1.24. The first-order valence-corrected chi connectivity index (χ1v) is 32.9. The third-order valence-corrected chi connectivity index (χ3v) is 26.0. The summed E-state index contributed by atoms with van der Waals surface area (Å²) >= 11 is 0. The Balaban J connectivity index is 1.17. The lowest BCUT2D eigenvalue weighted by molar-refractivity contribution is 0.107. The molecule has 0 amide bonds. The Morgan fingerprint density at radius 2 is 0.541 bits per heavy atom. The van der Waals surface area contributed by atoms with E-state index in [0.717, 1.165) is 19.4 Å². The zero-order valence-corrected chi connectivity index (χ0v) is 46.4. The van der Waals surface area contributed by atoms with Crippen LogP contribution in [0.15, 0.2) is 273 Å². The molecule has 9 aromatic rings. The van der Waals surface area contributed by atoms with Crippen LogP contribution in [-0.4, -0.2) is 31.3 Å². The second kappa shape index (κ2) is 26.9. The smallest absolute Gasteiger partial charge is 0.0716 e. The van der Waals surface area contributed by atoms with Gasteiger partial charge in [0.15, 0.2) is 0 Å². The molecule has 2 unspecified atom stereocenters. The topological polar surface area (TPSA) is 9.23 Å². The molecule has 0 bridgehead atoms. The molecule has 0 aromatic heterocycles. The lowest BCUT2D eigenvalue weighted by Gasteiger charge is -2.37. The average Bonchev–Trinajstić information content (AvgIpc) is 3.76. The van der Waals surface area contributed by atoms with E-state index in [0.29, 0.717) is 42.1 Å². The minimum Gasteiger partial charge on any atom is -0.377 e. The van der Waals surface area contributed by atoms with E-state index in [1.165, 1.54) is 72.6 Å². The van der Waals surface area contributed by atoms with E-state index in [1.54, 1.807) is 0 Å². The van der Waals surface area contributed by atoms with Gasteiger partial charge in [0.25, 0.3) is 0 Å². The lowest BCUT2D eigenvalue weighted by atomic mass is 9.77. The number of hydrogen-bond donors (Lipinski definition) is 0. The first kappa shape index (κ1) is 52.1. The Hall–Kier alpha value is -5.34. The Bertz CT molecular complexity index is 2630. The largest absolute Gasteiger partial charge is 0.377 e. The zero-order valence-electron chi connectivity index (χ0n) is 42.8. The summed E-state index contributed by atoms with van der Waals surface area (Å²) in [6.07, 6.45) is 6.90. The number of benzene rings is 9. The van der Waals surface area contributed by atoms with E-state index in [4.69, 9.17) is 4.74 Å². The monoisotopic (exact) mass is 1040 g/mol. The highest BCUT2D eigenvalue weighted by Gasteiger charge is 2.53. The van der Waals surface area contributed by atoms with Crippen molar-refractivity contribution >= 4 is 74.1 Å². The lowest BCUT2D eigenvalue weighted by Crippen LogP contribution is -2.32. The third kappa shape index (κ3) is 13.4. The van der Waals surface area contributed by atoms with Gasteiger partial charge in [-0.25, -0.2) is 0 Å². The van der Waals surface area contributed by atoms with Crippen LogP contribution in [0.25, 0.3) is 0 Å². The molecule has 6 atom stereocenters. The molecule has 0 saturated heterocycles. The molecule has 0 heterocycles. The van der Waals surface area contributed by atoms with Crippen LogP contribution in [0.1, 0.15) is 25.3 Å². The van der Waals surface area contributed by atoms with E-state index >= 15 is 0 Å². The van der Waals surface area contributed by atoms with E-state index in [9.17, 15) is 0 Å². The van der Waals surface area contributed by atoms with Crippen molar-refractivity contribution < 1.29 is 4.74 Å². The minimum atomic E-state index is -0.686. The van der Waals surface area contributed by atoms with Crippen molar-refractivity contribution in [2.24, 2.45) is 35.5 Å². The van der Waals surface area contributed by atoms with Crippen molar-refractivity contribution in [1.29, 1.82) is 0 Å². The summed E-state index contributed by atoms with van der Waals surface area (Å²) < 4.78 is 6.50. The highest BCUT2D eigenvalue weighted by Crippen LogP contribution is 2.61. The first-order chi connectivity index (χ1) is 36.7. The van der Waals surface area contributed by atoms with Gasteiger partial charge >= 0.3 is 0 Å². The van der Waals surface area contributed by atoms with Gasteiger partial charge in [0.05, 0.1) is 6.61 Å². The molecular weight excluding hydrogens is 969 g/mol. The summed E-state index contributed by atoms with van der Waals surface area (Å²) in [5.74, 6) is 2.92. The van der Waals surface area contributed by atoms with Crippen LogP contribution >= 0.6 is 31.7 Å². The highest BCUT2D eigenvalue weighted by molar-refractivity contribution is 7.74. The maximum atomic E-state index is 6.50. The van der Waals surface area contributed by atoms with Crippen molar-refractivity contribution in [2.45, 2.75) is 26.4 Å². The average molecular weight is 1040 g/mol. The molecular formula is C69H70OP4. The molecule has 0 aliphatic heterocycles. The van der Waals surface area contributed by atoms with Crippen LogP contribution in [0.2, 0.25) is 0 Å². The minimum absolute atomic E-state index is 0.478. The van der Waals surface area contributed by atoms with Gasteiger partial charge in [0.1, 0.15) is 0 Å². The molecule has 9 aromatic carbocycles. The van der Waals surface area contributed by atoms with Gasteiger partial charge in [0, 0.05) is 6.61 Å². The summed E-state index contributed by atoms with van der Waals surface area (Å²) in [4.78, 5) is 0. The van der Waals surface area contributed by atoms with Crippen LogP contribution in [0.5, 0.6) is 0 Å². The van der Waals surface area contributed by atoms with Crippen molar-refractivity contribution in [3.63, 3.8) is 0 Å². The van der Waals surface area contributed by atoms with Crippen LogP contribution in [0.3, 0.4) is 0 Å². The fourth-order valence-electron chi connectivity index (χ4n) is 12.0. The molecule has 0 N–H and O–H groups in total. The molecule has 5 heteroatoms. The first-order valence-electron chi connectivity index (χ1n) is 26.8. The number of ether oxygens (including phenoxy) is 1. The quantitative estimate of drug-likeness (QED) is 0.0458. The molecule has 372 valence electrons. The molecule has 1 aliphatic carbocycles. The molecule has 1 nitrogen and oxygen atoms in total. The van der Waals surface area contributed by atoms with Gasteiger partial charge in [-0.15, -0.1) is 0 Å². The van der Waals surface area contributed by atoms with E-state index in [-0.39, 0.29) is 0 Å². The predicted octanol–water partition coefficient (Wildman–Crippen LogP) is 14.2. The molecule has 10 rings (SSSR count). The normalized spacial score (nSPS) is 18.0.